The van der Waals surface area contributed by atoms with Gasteiger partial charge in [-0.15, -0.1) is 0 Å². The zero-order valence-electron chi connectivity index (χ0n) is 17.6. The quantitative estimate of drug-likeness (QED) is 0.435. The molecule has 0 saturated heterocycles. The maximum Gasteiger partial charge on any atom is 0.118 e. The Balaban J connectivity index is 1.97. The standard InChI is InChI=1S/C24H32O6/c1-24(27,18-29-16-20-10-12-22(28-2)13-11-20)23(15-21(26)9-6-14-25)30-17-19-7-4-3-5-8-19/h3-13,21,23,25-27H,14-18H2,1-2H3/b9-6-/t21?,23-,24+/m0/s1. The molecule has 0 amide bonds. The van der Waals surface area contributed by atoms with Gasteiger partial charge in [-0.05, 0) is 30.2 Å². The van der Waals surface area contributed by atoms with Gasteiger partial charge in [0.1, 0.15) is 11.4 Å². The number of methoxy groups -OCH3 is 1. The topological polar surface area (TPSA) is 88.4 Å². The molecule has 2 rings (SSSR count). The lowest BCUT2D eigenvalue weighted by atomic mass is 9.94. The van der Waals surface area contributed by atoms with E-state index in [0.717, 1.165) is 16.9 Å². The summed E-state index contributed by atoms with van der Waals surface area (Å²) >= 11 is 0. The molecule has 3 atom stereocenters. The summed E-state index contributed by atoms with van der Waals surface area (Å²) in [6, 6.07) is 17.2. The molecule has 0 aliphatic rings. The van der Waals surface area contributed by atoms with E-state index in [-0.39, 0.29) is 19.6 Å². The first kappa shape index (κ1) is 24.1. The molecule has 3 N–H and O–H groups in total. The number of ether oxygens (including phenoxy) is 3. The van der Waals surface area contributed by atoms with Gasteiger partial charge >= 0.3 is 0 Å². The van der Waals surface area contributed by atoms with Crippen molar-refractivity contribution in [2.24, 2.45) is 0 Å². The predicted octanol–water partition coefficient (Wildman–Crippen LogP) is 2.85. The molecule has 0 aliphatic carbocycles. The lowest BCUT2D eigenvalue weighted by Crippen LogP contribution is -2.46. The van der Waals surface area contributed by atoms with Gasteiger partial charge in [-0.3, -0.25) is 0 Å². The largest absolute Gasteiger partial charge is 0.497 e. The molecule has 30 heavy (non-hydrogen) atoms. The third-order valence-corrected chi connectivity index (χ3v) is 4.73. The molecule has 0 aromatic heterocycles. The van der Waals surface area contributed by atoms with E-state index in [0.29, 0.717) is 13.2 Å². The van der Waals surface area contributed by atoms with Crippen LogP contribution in [0.4, 0.5) is 0 Å². The second-order valence-electron chi connectivity index (χ2n) is 7.40. The molecule has 6 nitrogen and oxygen atoms in total. The number of rotatable bonds is 13. The molecule has 0 saturated carbocycles. The third kappa shape index (κ3) is 8.26. The van der Waals surface area contributed by atoms with Gasteiger partial charge in [0.2, 0.25) is 0 Å². The maximum atomic E-state index is 11.0. The fraction of sp³-hybridized carbons (Fsp3) is 0.417. The highest BCUT2D eigenvalue weighted by atomic mass is 16.5. The van der Waals surface area contributed by atoms with Crippen LogP contribution >= 0.6 is 0 Å². The van der Waals surface area contributed by atoms with E-state index in [1.54, 1.807) is 14.0 Å². The summed E-state index contributed by atoms with van der Waals surface area (Å²) in [5, 5.41) is 30.2. The van der Waals surface area contributed by atoms with Crippen LogP contribution in [-0.4, -0.2) is 53.5 Å². The zero-order valence-corrected chi connectivity index (χ0v) is 17.6. The van der Waals surface area contributed by atoms with Crippen LogP contribution in [0, 0.1) is 0 Å². The van der Waals surface area contributed by atoms with Crippen LogP contribution in [0.2, 0.25) is 0 Å². The number of benzene rings is 2. The van der Waals surface area contributed by atoms with Gasteiger partial charge in [0.25, 0.3) is 0 Å². The molecule has 0 aliphatic heterocycles. The van der Waals surface area contributed by atoms with Gasteiger partial charge in [-0.25, -0.2) is 0 Å². The van der Waals surface area contributed by atoms with Crippen molar-refractivity contribution in [3.8, 4) is 5.75 Å². The molecule has 1 unspecified atom stereocenters. The van der Waals surface area contributed by atoms with Crippen LogP contribution in [-0.2, 0) is 22.7 Å². The first-order valence-corrected chi connectivity index (χ1v) is 9.98. The molecule has 0 heterocycles. The molecule has 164 valence electrons. The van der Waals surface area contributed by atoms with Crippen molar-refractivity contribution in [1.82, 2.24) is 0 Å². The highest BCUT2D eigenvalue weighted by Crippen LogP contribution is 2.22. The molecular formula is C24H32O6. The van der Waals surface area contributed by atoms with Crippen molar-refractivity contribution in [2.75, 3.05) is 20.3 Å². The Hall–Kier alpha value is -2.22. The lowest BCUT2D eigenvalue weighted by molar-refractivity contribution is -0.149. The van der Waals surface area contributed by atoms with E-state index in [1.807, 2.05) is 54.6 Å². The summed E-state index contributed by atoms with van der Waals surface area (Å²) in [5.74, 6) is 0.769. The van der Waals surface area contributed by atoms with Crippen LogP contribution in [0.1, 0.15) is 24.5 Å². The van der Waals surface area contributed by atoms with E-state index >= 15 is 0 Å². The Morgan fingerprint density at radius 1 is 1.00 bits per heavy atom. The summed E-state index contributed by atoms with van der Waals surface area (Å²) in [4.78, 5) is 0. The Labute approximate surface area is 178 Å². The molecule has 6 heteroatoms. The SMILES string of the molecule is COc1ccc(COC[C@@](C)(O)[C@H](CC(O)/C=C\CO)OCc2ccccc2)cc1. The molecule has 2 aromatic rings. The average Bonchev–Trinajstić information content (AvgIpc) is 2.76. The fourth-order valence-electron chi connectivity index (χ4n) is 2.98. The molecule has 0 spiro atoms. The van der Waals surface area contributed by atoms with Crippen molar-refractivity contribution in [1.29, 1.82) is 0 Å². The number of aliphatic hydroxyl groups excluding tert-OH is 2. The number of hydrogen-bond donors (Lipinski definition) is 3. The van der Waals surface area contributed by atoms with Gasteiger partial charge in [-0.2, -0.15) is 0 Å². The Bertz CT molecular complexity index is 742. The van der Waals surface area contributed by atoms with E-state index < -0.39 is 17.8 Å². The second kappa shape index (κ2) is 12.5. The monoisotopic (exact) mass is 416 g/mol. The lowest BCUT2D eigenvalue weighted by Gasteiger charge is -2.33. The molecule has 0 fully saturated rings. The van der Waals surface area contributed by atoms with E-state index in [4.69, 9.17) is 19.3 Å². The van der Waals surface area contributed by atoms with Gasteiger partial charge in [0.05, 0.1) is 45.7 Å². The Morgan fingerprint density at radius 2 is 1.67 bits per heavy atom. The predicted molar refractivity (Wildman–Crippen MR) is 115 cm³/mol. The summed E-state index contributed by atoms with van der Waals surface area (Å²) in [5.41, 5.74) is 0.604. The summed E-state index contributed by atoms with van der Waals surface area (Å²) in [6.07, 6.45) is 1.60. The minimum absolute atomic E-state index is 0.0366. The van der Waals surface area contributed by atoms with E-state index in [9.17, 15) is 10.2 Å². The number of aliphatic hydroxyl groups is 3. The van der Waals surface area contributed by atoms with Crippen molar-refractivity contribution in [2.45, 2.75) is 44.4 Å². The zero-order chi connectivity index (χ0) is 21.8. The Kier molecular flexibility index (Phi) is 10.00. The second-order valence-corrected chi connectivity index (χ2v) is 7.40. The highest BCUT2D eigenvalue weighted by Gasteiger charge is 2.34. The minimum Gasteiger partial charge on any atom is -0.497 e. The van der Waals surface area contributed by atoms with Crippen molar-refractivity contribution in [3.63, 3.8) is 0 Å². The molecular weight excluding hydrogens is 384 g/mol. The van der Waals surface area contributed by atoms with E-state index in [2.05, 4.69) is 0 Å². The summed E-state index contributed by atoms with van der Waals surface area (Å²) in [6.45, 7) is 2.15. The fourth-order valence-corrected chi connectivity index (χ4v) is 2.98. The van der Waals surface area contributed by atoms with Crippen LogP contribution in [0.15, 0.2) is 66.7 Å². The van der Waals surface area contributed by atoms with Gasteiger partial charge in [-0.1, -0.05) is 54.6 Å². The molecule has 0 bridgehead atoms. The first-order valence-electron chi connectivity index (χ1n) is 9.98. The van der Waals surface area contributed by atoms with Crippen molar-refractivity contribution in [3.05, 3.63) is 77.9 Å². The van der Waals surface area contributed by atoms with Crippen LogP contribution in [0.3, 0.4) is 0 Å². The van der Waals surface area contributed by atoms with Gasteiger partial charge in [0, 0.05) is 6.42 Å². The van der Waals surface area contributed by atoms with E-state index in [1.165, 1.54) is 12.2 Å². The minimum atomic E-state index is -1.32. The van der Waals surface area contributed by atoms with Crippen LogP contribution in [0.5, 0.6) is 5.75 Å². The summed E-state index contributed by atoms with van der Waals surface area (Å²) in [7, 11) is 1.61. The third-order valence-electron chi connectivity index (χ3n) is 4.73. The first-order chi connectivity index (χ1) is 14.4. The summed E-state index contributed by atoms with van der Waals surface area (Å²) < 4.78 is 16.9. The van der Waals surface area contributed by atoms with Crippen LogP contribution < -0.4 is 4.74 Å². The van der Waals surface area contributed by atoms with Crippen molar-refractivity contribution < 1.29 is 29.5 Å². The number of hydrogen-bond acceptors (Lipinski definition) is 6. The van der Waals surface area contributed by atoms with Crippen LogP contribution in [0.25, 0.3) is 0 Å². The average molecular weight is 417 g/mol. The maximum absolute atomic E-state index is 11.0. The van der Waals surface area contributed by atoms with Gasteiger partial charge < -0.3 is 29.5 Å². The normalized spacial score (nSPS) is 15.6. The molecule has 0 radical (unpaired) electrons. The molecule has 2 aromatic carbocycles. The smallest absolute Gasteiger partial charge is 0.118 e. The van der Waals surface area contributed by atoms with Gasteiger partial charge in [0.15, 0.2) is 0 Å². The highest BCUT2D eigenvalue weighted by molar-refractivity contribution is 5.26. The van der Waals surface area contributed by atoms with Crippen molar-refractivity contribution >= 4 is 0 Å². The Morgan fingerprint density at radius 3 is 2.30 bits per heavy atom.